The van der Waals surface area contributed by atoms with Gasteiger partial charge in [-0.3, -0.25) is 0 Å². The van der Waals surface area contributed by atoms with Gasteiger partial charge >= 0.3 is 0 Å². The molecule has 0 spiro atoms. The second-order valence-corrected chi connectivity index (χ2v) is 4.62. The van der Waals surface area contributed by atoms with Gasteiger partial charge in [-0.05, 0) is 36.2 Å². The lowest BCUT2D eigenvalue weighted by atomic mass is 10.1. The Hall–Kier alpha value is -2.62. The molecule has 0 radical (unpaired) electrons. The molecule has 2 N–H and O–H groups in total. The number of rotatable bonds is 4. The fourth-order valence-corrected chi connectivity index (χ4v) is 2.00. The Kier molecular flexibility index (Phi) is 3.46. The molecule has 0 amide bonds. The van der Waals surface area contributed by atoms with Gasteiger partial charge in [0.25, 0.3) is 5.89 Å². The first-order valence-electron chi connectivity index (χ1n) is 6.54. The first kappa shape index (κ1) is 12.4. The third-order valence-corrected chi connectivity index (χ3v) is 3.11. The zero-order valence-electron chi connectivity index (χ0n) is 11.0. The van der Waals surface area contributed by atoms with E-state index < -0.39 is 0 Å². The minimum atomic E-state index is 0.535. The number of hydrogen-bond acceptors (Lipinski definition) is 4. The van der Waals surface area contributed by atoms with E-state index in [0.29, 0.717) is 5.89 Å². The van der Waals surface area contributed by atoms with E-state index >= 15 is 0 Å². The minimum absolute atomic E-state index is 0.535. The molecule has 100 valence electrons. The van der Waals surface area contributed by atoms with E-state index in [1.807, 2.05) is 42.5 Å². The minimum Gasteiger partial charge on any atom is -0.399 e. The topological polar surface area (TPSA) is 64.9 Å². The van der Waals surface area contributed by atoms with Crippen LogP contribution < -0.4 is 5.73 Å². The van der Waals surface area contributed by atoms with E-state index in [1.165, 1.54) is 5.56 Å². The van der Waals surface area contributed by atoms with Gasteiger partial charge in [0, 0.05) is 17.7 Å². The molecular formula is C16H15N3O. The maximum absolute atomic E-state index is 5.66. The molecule has 0 saturated heterocycles. The van der Waals surface area contributed by atoms with Crippen LogP contribution in [0.25, 0.3) is 11.5 Å². The van der Waals surface area contributed by atoms with Gasteiger partial charge < -0.3 is 10.3 Å². The summed E-state index contributed by atoms with van der Waals surface area (Å²) in [6.07, 6.45) is 1.67. The maximum Gasteiger partial charge on any atom is 0.257 e. The molecular weight excluding hydrogens is 250 g/mol. The monoisotopic (exact) mass is 265 g/mol. The fraction of sp³-hybridized carbons (Fsp3) is 0.125. The average Bonchev–Trinajstić information content (AvgIpc) is 2.96. The van der Waals surface area contributed by atoms with Gasteiger partial charge in [-0.25, -0.2) is 0 Å². The highest BCUT2D eigenvalue weighted by atomic mass is 16.5. The van der Waals surface area contributed by atoms with Crippen LogP contribution in [0.4, 0.5) is 5.69 Å². The third kappa shape index (κ3) is 2.85. The molecule has 0 atom stereocenters. The van der Waals surface area contributed by atoms with Crippen molar-refractivity contribution in [3.05, 3.63) is 66.0 Å². The standard InChI is InChI=1S/C16H15N3O/c17-14-9-7-13(8-10-14)16-18-15(19-20-16)11-6-12-4-2-1-3-5-12/h1-5,7-10H,6,11,17H2. The Bertz CT molecular complexity index is 674. The van der Waals surface area contributed by atoms with Gasteiger partial charge in [0.2, 0.25) is 0 Å². The summed E-state index contributed by atoms with van der Waals surface area (Å²) in [7, 11) is 0. The Balaban J connectivity index is 1.69. The van der Waals surface area contributed by atoms with Gasteiger partial charge in [0.05, 0.1) is 0 Å². The molecule has 1 heterocycles. The van der Waals surface area contributed by atoms with Crippen molar-refractivity contribution in [3.63, 3.8) is 0 Å². The van der Waals surface area contributed by atoms with E-state index in [0.717, 1.165) is 29.9 Å². The fourth-order valence-electron chi connectivity index (χ4n) is 2.00. The van der Waals surface area contributed by atoms with Crippen molar-refractivity contribution in [2.45, 2.75) is 12.8 Å². The highest BCUT2D eigenvalue weighted by Gasteiger charge is 2.08. The molecule has 0 aliphatic rings. The second kappa shape index (κ2) is 5.57. The van der Waals surface area contributed by atoms with Crippen molar-refractivity contribution in [1.82, 2.24) is 10.1 Å². The van der Waals surface area contributed by atoms with Crippen molar-refractivity contribution >= 4 is 5.69 Å². The first-order valence-corrected chi connectivity index (χ1v) is 6.54. The van der Waals surface area contributed by atoms with Crippen LogP contribution in [0.1, 0.15) is 11.4 Å². The normalized spacial score (nSPS) is 10.6. The summed E-state index contributed by atoms with van der Waals surface area (Å²) in [4.78, 5) is 4.41. The average molecular weight is 265 g/mol. The molecule has 3 aromatic rings. The van der Waals surface area contributed by atoms with Crippen LogP contribution in [0.2, 0.25) is 0 Å². The second-order valence-electron chi connectivity index (χ2n) is 4.62. The molecule has 2 aromatic carbocycles. The molecule has 3 rings (SSSR count). The van der Waals surface area contributed by atoms with E-state index in [2.05, 4.69) is 22.3 Å². The summed E-state index contributed by atoms with van der Waals surface area (Å²) in [6.45, 7) is 0. The molecule has 0 aliphatic heterocycles. The van der Waals surface area contributed by atoms with Crippen LogP contribution >= 0.6 is 0 Å². The summed E-state index contributed by atoms with van der Waals surface area (Å²) >= 11 is 0. The maximum atomic E-state index is 5.66. The number of nitrogen functional groups attached to an aromatic ring is 1. The van der Waals surface area contributed by atoms with E-state index in [9.17, 15) is 0 Å². The van der Waals surface area contributed by atoms with Crippen LogP contribution in [0.15, 0.2) is 59.1 Å². The lowest BCUT2D eigenvalue weighted by molar-refractivity contribution is 0.422. The molecule has 0 saturated carbocycles. The Morgan fingerprint density at radius 1 is 0.900 bits per heavy atom. The Morgan fingerprint density at radius 2 is 1.65 bits per heavy atom. The van der Waals surface area contributed by atoms with Crippen LogP contribution in [0, 0.1) is 0 Å². The first-order chi connectivity index (χ1) is 9.81. The largest absolute Gasteiger partial charge is 0.399 e. The van der Waals surface area contributed by atoms with E-state index in [-0.39, 0.29) is 0 Å². The molecule has 4 heteroatoms. The smallest absolute Gasteiger partial charge is 0.257 e. The summed E-state index contributed by atoms with van der Waals surface area (Å²) < 4.78 is 5.28. The van der Waals surface area contributed by atoms with Crippen molar-refractivity contribution in [3.8, 4) is 11.5 Å². The number of aromatic nitrogens is 2. The number of nitrogens with two attached hydrogens (primary N) is 1. The number of anilines is 1. The summed E-state index contributed by atoms with van der Waals surface area (Å²) in [5.74, 6) is 1.26. The van der Waals surface area contributed by atoms with Gasteiger partial charge in [-0.1, -0.05) is 35.5 Å². The lowest BCUT2D eigenvalue weighted by Crippen LogP contribution is -1.93. The predicted molar refractivity (Wildman–Crippen MR) is 78.0 cm³/mol. The summed E-state index contributed by atoms with van der Waals surface area (Å²) in [5, 5.41) is 4.01. The highest BCUT2D eigenvalue weighted by molar-refractivity contribution is 5.56. The lowest BCUT2D eigenvalue weighted by Gasteiger charge is -1.96. The van der Waals surface area contributed by atoms with Crippen molar-refractivity contribution in [1.29, 1.82) is 0 Å². The van der Waals surface area contributed by atoms with Crippen molar-refractivity contribution in [2.24, 2.45) is 0 Å². The number of hydrogen-bond donors (Lipinski definition) is 1. The number of aryl methyl sites for hydroxylation is 2. The molecule has 0 bridgehead atoms. The van der Waals surface area contributed by atoms with E-state index in [4.69, 9.17) is 10.3 Å². The van der Waals surface area contributed by atoms with Crippen LogP contribution in [0.5, 0.6) is 0 Å². The molecule has 0 unspecified atom stereocenters. The molecule has 1 aromatic heterocycles. The molecule has 20 heavy (non-hydrogen) atoms. The Labute approximate surface area is 117 Å². The number of nitrogens with zero attached hydrogens (tertiary/aromatic N) is 2. The zero-order chi connectivity index (χ0) is 13.8. The summed E-state index contributed by atoms with van der Waals surface area (Å²) in [6, 6.07) is 17.7. The third-order valence-electron chi connectivity index (χ3n) is 3.11. The van der Waals surface area contributed by atoms with Gasteiger partial charge in [0.15, 0.2) is 5.82 Å². The Morgan fingerprint density at radius 3 is 2.40 bits per heavy atom. The molecule has 0 aliphatic carbocycles. The quantitative estimate of drug-likeness (QED) is 0.736. The van der Waals surface area contributed by atoms with E-state index in [1.54, 1.807) is 0 Å². The summed E-state index contributed by atoms with van der Waals surface area (Å²) in [5.41, 5.74) is 8.53. The highest BCUT2D eigenvalue weighted by Crippen LogP contribution is 2.18. The van der Waals surface area contributed by atoms with Crippen molar-refractivity contribution < 1.29 is 4.52 Å². The predicted octanol–water partition coefficient (Wildman–Crippen LogP) is 3.10. The molecule has 4 nitrogen and oxygen atoms in total. The van der Waals surface area contributed by atoms with Crippen molar-refractivity contribution in [2.75, 3.05) is 5.73 Å². The van der Waals surface area contributed by atoms with Gasteiger partial charge in [0.1, 0.15) is 0 Å². The van der Waals surface area contributed by atoms with Crippen LogP contribution in [-0.4, -0.2) is 10.1 Å². The van der Waals surface area contributed by atoms with Crippen LogP contribution in [0.3, 0.4) is 0 Å². The SMILES string of the molecule is Nc1ccc(-c2nc(CCc3ccccc3)no2)cc1. The zero-order valence-corrected chi connectivity index (χ0v) is 11.0. The van der Waals surface area contributed by atoms with Crippen LogP contribution in [-0.2, 0) is 12.8 Å². The van der Waals surface area contributed by atoms with Gasteiger partial charge in [-0.2, -0.15) is 4.98 Å². The van der Waals surface area contributed by atoms with Gasteiger partial charge in [-0.15, -0.1) is 0 Å². The number of benzene rings is 2. The molecule has 0 fully saturated rings.